The summed E-state index contributed by atoms with van der Waals surface area (Å²) in [6.07, 6.45) is 6.80. The third-order valence-electron chi connectivity index (χ3n) is 5.00. The van der Waals surface area contributed by atoms with Crippen LogP contribution in [0.4, 0.5) is 10.1 Å². The minimum atomic E-state index is -0.0422. The van der Waals surface area contributed by atoms with E-state index in [-0.39, 0.29) is 5.82 Å². The third-order valence-corrected chi connectivity index (χ3v) is 5.00. The summed E-state index contributed by atoms with van der Waals surface area (Å²) in [7, 11) is 0. The maximum Gasteiger partial charge on any atom is 0.143 e. The van der Waals surface area contributed by atoms with Crippen molar-refractivity contribution in [3.8, 4) is 5.75 Å². The molecule has 0 aliphatic carbocycles. The normalized spacial score (nSPS) is 12.2. The van der Waals surface area contributed by atoms with Gasteiger partial charge in [-0.15, -0.1) is 0 Å². The van der Waals surface area contributed by atoms with Gasteiger partial charge < -0.3 is 9.64 Å². The molecule has 0 aromatic heterocycles. The van der Waals surface area contributed by atoms with Crippen molar-refractivity contribution < 1.29 is 9.13 Å². The van der Waals surface area contributed by atoms with E-state index in [1.54, 1.807) is 12.1 Å². The zero-order valence-corrected chi connectivity index (χ0v) is 20.3. The molecule has 0 N–H and O–H groups in total. The van der Waals surface area contributed by atoms with Gasteiger partial charge in [-0.2, -0.15) is 0 Å². The largest absolute Gasteiger partial charge is 0.485 e. The van der Waals surface area contributed by atoms with E-state index >= 15 is 0 Å². The number of hydrogen-bond acceptors (Lipinski definition) is 2. The Morgan fingerprint density at radius 2 is 1.48 bits per heavy atom. The SMILES string of the molecule is C=C1COc2ccccc2N1CCC.CCC.CCCC(CCC)c1ccccc1F. The molecule has 2 aromatic rings. The number of hydrogen-bond donors (Lipinski definition) is 0. The van der Waals surface area contributed by atoms with Gasteiger partial charge in [0.2, 0.25) is 0 Å². The Bertz CT molecular complexity index is 752. The molecule has 0 bridgehead atoms. The van der Waals surface area contributed by atoms with Gasteiger partial charge in [-0.3, -0.25) is 0 Å². The second kappa shape index (κ2) is 15.5. The third kappa shape index (κ3) is 8.77. The standard InChI is InChI=1S/C13H19F.C12H15NO.C3H8/c1-3-7-11(8-4-2)12-9-5-6-10-13(12)14;1-3-8-13-10(2)9-14-12-7-5-4-6-11(12)13;1-3-2/h5-6,9-11H,3-4,7-8H2,1-2H3;4-7H,2-3,8-9H2,1H3;3H2,1-2H3. The minimum Gasteiger partial charge on any atom is -0.485 e. The van der Waals surface area contributed by atoms with Crippen LogP contribution in [-0.2, 0) is 0 Å². The zero-order valence-electron chi connectivity index (χ0n) is 20.3. The average molecular weight is 428 g/mol. The highest BCUT2D eigenvalue weighted by molar-refractivity contribution is 5.63. The highest BCUT2D eigenvalue weighted by Crippen LogP contribution is 2.34. The first-order chi connectivity index (χ1) is 15.0. The van der Waals surface area contributed by atoms with Crippen LogP contribution in [0, 0.1) is 5.82 Å². The molecule has 3 heteroatoms. The molecule has 0 atom stereocenters. The maximum atomic E-state index is 13.5. The number of para-hydroxylation sites is 2. The molecule has 0 spiro atoms. The van der Waals surface area contributed by atoms with Gasteiger partial charge in [-0.25, -0.2) is 4.39 Å². The Morgan fingerprint density at radius 1 is 0.903 bits per heavy atom. The number of benzene rings is 2. The second-order valence-electron chi connectivity index (χ2n) is 7.98. The van der Waals surface area contributed by atoms with Gasteiger partial charge in [-0.1, -0.05) is 90.8 Å². The van der Waals surface area contributed by atoms with E-state index in [9.17, 15) is 4.39 Å². The Kier molecular flexibility index (Phi) is 13.4. The molecule has 0 radical (unpaired) electrons. The van der Waals surface area contributed by atoms with E-state index in [4.69, 9.17) is 4.74 Å². The summed E-state index contributed by atoms with van der Waals surface area (Å²) >= 11 is 0. The molecule has 0 amide bonds. The number of anilines is 1. The molecule has 31 heavy (non-hydrogen) atoms. The highest BCUT2D eigenvalue weighted by atomic mass is 19.1. The monoisotopic (exact) mass is 427 g/mol. The van der Waals surface area contributed by atoms with Crippen LogP contribution in [0.1, 0.15) is 84.6 Å². The molecule has 1 aliphatic rings. The molecular formula is C28H42FNO. The molecule has 0 unspecified atom stereocenters. The summed E-state index contributed by atoms with van der Waals surface area (Å²) in [5.41, 5.74) is 3.09. The molecule has 172 valence electrons. The smallest absolute Gasteiger partial charge is 0.143 e. The van der Waals surface area contributed by atoms with Crippen molar-refractivity contribution in [1.82, 2.24) is 0 Å². The average Bonchev–Trinajstić information content (AvgIpc) is 2.77. The highest BCUT2D eigenvalue weighted by Gasteiger charge is 2.19. The molecule has 1 heterocycles. The lowest BCUT2D eigenvalue weighted by Crippen LogP contribution is -2.30. The number of nitrogens with zero attached hydrogens (tertiary/aromatic N) is 1. The molecule has 0 fully saturated rings. The van der Waals surface area contributed by atoms with Crippen LogP contribution in [-0.4, -0.2) is 13.2 Å². The van der Waals surface area contributed by atoms with E-state index in [1.807, 2.05) is 30.3 Å². The van der Waals surface area contributed by atoms with Gasteiger partial charge in [0, 0.05) is 12.2 Å². The molecule has 0 saturated carbocycles. The first-order valence-corrected chi connectivity index (χ1v) is 11.9. The van der Waals surface area contributed by atoms with Crippen molar-refractivity contribution in [1.29, 1.82) is 0 Å². The van der Waals surface area contributed by atoms with Crippen molar-refractivity contribution in [2.45, 2.75) is 79.1 Å². The van der Waals surface area contributed by atoms with Crippen LogP contribution in [0.3, 0.4) is 0 Å². The lowest BCUT2D eigenvalue weighted by Gasteiger charge is -2.32. The summed E-state index contributed by atoms with van der Waals surface area (Å²) in [4.78, 5) is 2.23. The second-order valence-corrected chi connectivity index (χ2v) is 7.98. The van der Waals surface area contributed by atoms with Gasteiger partial charge >= 0.3 is 0 Å². The summed E-state index contributed by atoms with van der Waals surface area (Å²) in [6, 6.07) is 15.3. The van der Waals surface area contributed by atoms with Crippen LogP contribution in [0.25, 0.3) is 0 Å². The van der Waals surface area contributed by atoms with Crippen LogP contribution in [0.2, 0.25) is 0 Å². The lowest BCUT2D eigenvalue weighted by molar-refractivity contribution is 0.335. The molecule has 0 saturated heterocycles. The summed E-state index contributed by atoms with van der Waals surface area (Å²) in [5.74, 6) is 1.33. The number of fused-ring (bicyclic) bond motifs is 1. The fraction of sp³-hybridized carbons (Fsp3) is 0.500. The van der Waals surface area contributed by atoms with Crippen molar-refractivity contribution in [3.05, 3.63) is 72.2 Å². The Balaban J connectivity index is 0.000000275. The number of halogens is 1. The number of rotatable bonds is 7. The number of ether oxygens (including phenoxy) is 1. The molecule has 2 nitrogen and oxygen atoms in total. The predicted molar refractivity (Wildman–Crippen MR) is 134 cm³/mol. The fourth-order valence-corrected chi connectivity index (χ4v) is 3.67. The summed E-state index contributed by atoms with van der Waals surface area (Å²) < 4.78 is 19.1. The predicted octanol–water partition coefficient (Wildman–Crippen LogP) is 8.73. The Hall–Kier alpha value is -2.29. The van der Waals surface area contributed by atoms with Crippen LogP contribution in [0.15, 0.2) is 60.8 Å². The first-order valence-electron chi connectivity index (χ1n) is 11.9. The van der Waals surface area contributed by atoms with Gasteiger partial charge in [0.15, 0.2) is 0 Å². The van der Waals surface area contributed by atoms with E-state index < -0.39 is 0 Å². The Labute approximate surface area is 190 Å². The van der Waals surface area contributed by atoms with Crippen LogP contribution >= 0.6 is 0 Å². The fourth-order valence-electron chi connectivity index (χ4n) is 3.67. The van der Waals surface area contributed by atoms with E-state index in [2.05, 4.69) is 52.2 Å². The summed E-state index contributed by atoms with van der Waals surface area (Å²) in [6.45, 7) is 16.4. The minimum absolute atomic E-state index is 0.0422. The molecule has 3 rings (SSSR count). The molecular weight excluding hydrogens is 385 g/mol. The Morgan fingerprint density at radius 3 is 2.06 bits per heavy atom. The van der Waals surface area contributed by atoms with Gasteiger partial charge in [0.25, 0.3) is 0 Å². The van der Waals surface area contributed by atoms with Crippen molar-refractivity contribution in [2.75, 3.05) is 18.1 Å². The van der Waals surface area contributed by atoms with Gasteiger partial charge in [-0.05, 0) is 48.9 Å². The van der Waals surface area contributed by atoms with Crippen molar-refractivity contribution >= 4 is 5.69 Å². The van der Waals surface area contributed by atoms with Gasteiger partial charge in [0.1, 0.15) is 18.2 Å². The van der Waals surface area contributed by atoms with E-state index in [0.717, 1.165) is 61.3 Å². The van der Waals surface area contributed by atoms with Crippen molar-refractivity contribution in [3.63, 3.8) is 0 Å². The molecule has 2 aromatic carbocycles. The topological polar surface area (TPSA) is 12.5 Å². The van der Waals surface area contributed by atoms with Crippen LogP contribution < -0.4 is 9.64 Å². The lowest BCUT2D eigenvalue weighted by atomic mass is 9.90. The quantitative estimate of drug-likeness (QED) is 0.438. The van der Waals surface area contributed by atoms with E-state index in [0.29, 0.717) is 12.5 Å². The molecule has 1 aliphatic heterocycles. The van der Waals surface area contributed by atoms with E-state index in [1.165, 1.54) is 6.42 Å². The summed E-state index contributed by atoms with van der Waals surface area (Å²) in [5, 5.41) is 0. The first kappa shape index (κ1) is 26.7. The van der Waals surface area contributed by atoms with Crippen LogP contribution in [0.5, 0.6) is 5.75 Å². The maximum absolute atomic E-state index is 13.5. The van der Waals surface area contributed by atoms with Crippen molar-refractivity contribution in [2.24, 2.45) is 0 Å². The van der Waals surface area contributed by atoms with Gasteiger partial charge in [0.05, 0.1) is 5.69 Å². The zero-order chi connectivity index (χ0) is 23.1.